The Morgan fingerprint density at radius 3 is 2.96 bits per heavy atom. The Balaban J connectivity index is 1.72. The maximum absolute atomic E-state index is 11.3. The molecule has 8 nitrogen and oxygen atoms in total. The molecule has 0 amide bonds. The third-order valence-corrected chi connectivity index (χ3v) is 4.83. The van der Waals surface area contributed by atoms with Gasteiger partial charge in [0.15, 0.2) is 5.82 Å². The molecule has 0 saturated carbocycles. The molecular formula is C16H18N6O2S. The minimum absolute atomic E-state index is 0.199. The highest BCUT2D eigenvalue weighted by Gasteiger charge is 2.17. The molecule has 4 rings (SSSR count). The Morgan fingerprint density at radius 2 is 2.16 bits per heavy atom. The predicted octanol–water partition coefficient (Wildman–Crippen LogP) is 0.627. The summed E-state index contributed by atoms with van der Waals surface area (Å²) in [5.74, 6) is 0.518. The average molecular weight is 358 g/mol. The maximum atomic E-state index is 11.3. The number of nitrogens with two attached hydrogens (primary N) is 1. The van der Waals surface area contributed by atoms with Crippen molar-refractivity contribution in [2.75, 3.05) is 6.54 Å². The van der Waals surface area contributed by atoms with Gasteiger partial charge in [0.1, 0.15) is 5.69 Å². The van der Waals surface area contributed by atoms with E-state index in [2.05, 4.69) is 15.4 Å². The summed E-state index contributed by atoms with van der Waals surface area (Å²) in [7, 11) is -3.57. The molecule has 0 bridgehead atoms. The van der Waals surface area contributed by atoms with Crippen LogP contribution in [0.5, 0.6) is 0 Å². The predicted molar refractivity (Wildman–Crippen MR) is 93.3 cm³/mol. The number of fused-ring (bicyclic) bond motifs is 1. The largest absolute Gasteiger partial charge is 0.309 e. The normalized spacial score (nSPS) is 14.4. The number of rotatable bonds is 4. The Labute approximate surface area is 145 Å². The first-order valence-electron chi connectivity index (χ1n) is 7.90. The molecule has 3 N–H and O–H groups in total. The molecule has 0 aliphatic carbocycles. The molecule has 25 heavy (non-hydrogen) atoms. The lowest BCUT2D eigenvalue weighted by Crippen LogP contribution is -2.28. The standard InChI is InChI=1S/C16H18N6O2S/c17-25(23,24)11-12-2-1-3-13(8-12)21-6-5-19-16(21)15-9-14-10-18-4-7-22(14)20-15/h1-3,5-6,8-9,18H,4,7,10-11H2,(H2,17,23,24). The van der Waals surface area contributed by atoms with Gasteiger partial charge in [-0.3, -0.25) is 9.25 Å². The van der Waals surface area contributed by atoms with E-state index in [1.165, 1.54) is 0 Å². The zero-order chi connectivity index (χ0) is 17.4. The van der Waals surface area contributed by atoms with Crippen molar-refractivity contribution in [2.24, 2.45) is 5.14 Å². The zero-order valence-corrected chi connectivity index (χ0v) is 14.3. The van der Waals surface area contributed by atoms with Gasteiger partial charge in [-0.1, -0.05) is 12.1 Å². The number of aromatic nitrogens is 4. The first-order chi connectivity index (χ1) is 12.0. The van der Waals surface area contributed by atoms with E-state index in [0.29, 0.717) is 5.56 Å². The van der Waals surface area contributed by atoms with Crippen LogP contribution < -0.4 is 10.5 Å². The minimum Gasteiger partial charge on any atom is -0.309 e. The maximum Gasteiger partial charge on any atom is 0.213 e. The summed E-state index contributed by atoms with van der Waals surface area (Å²) in [5, 5.41) is 13.1. The van der Waals surface area contributed by atoms with Crippen LogP contribution in [0.1, 0.15) is 11.3 Å². The molecule has 3 aromatic rings. The van der Waals surface area contributed by atoms with E-state index in [4.69, 9.17) is 5.14 Å². The second-order valence-electron chi connectivity index (χ2n) is 6.02. The van der Waals surface area contributed by atoms with Crippen molar-refractivity contribution < 1.29 is 8.42 Å². The van der Waals surface area contributed by atoms with E-state index in [-0.39, 0.29) is 5.75 Å². The van der Waals surface area contributed by atoms with Crippen LogP contribution in [0.2, 0.25) is 0 Å². The summed E-state index contributed by atoms with van der Waals surface area (Å²) >= 11 is 0. The van der Waals surface area contributed by atoms with Crippen LogP contribution in [0.3, 0.4) is 0 Å². The molecule has 1 aliphatic heterocycles. The Morgan fingerprint density at radius 1 is 1.28 bits per heavy atom. The SMILES string of the molecule is NS(=O)(=O)Cc1cccc(-n2ccnc2-c2cc3n(n2)CCNC3)c1. The molecule has 3 heterocycles. The highest BCUT2D eigenvalue weighted by molar-refractivity contribution is 7.88. The monoisotopic (exact) mass is 358 g/mol. The molecule has 0 unspecified atom stereocenters. The van der Waals surface area contributed by atoms with Crippen molar-refractivity contribution >= 4 is 10.0 Å². The van der Waals surface area contributed by atoms with Gasteiger partial charge >= 0.3 is 0 Å². The van der Waals surface area contributed by atoms with Gasteiger partial charge in [0.05, 0.1) is 18.0 Å². The number of benzene rings is 1. The first kappa shape index (κ1) is 16.0. The van der Waals surface area contributed by atoms with E-state index < -0.39 is 10.0 Å². The molecular weight excluding hydrogens is 340 g/mol. The summed E-state index contributed by atoms with van der Waals surface area (Å²) < 4.78 is 26.6. The number of primary sulfonamides is 1. The number of imidazole rings is 1. The molecule has 0 saturated heterocycles. The average Bonchev–Trinajstić information content (AvgIpc) is 3.20. The molecule has 2 aromatic heterocycles. The van der Waals surface area contributed by atoms with Gasteiger partial charge in [-0.2, -0.15) is 5.10 Å². The number of nitrogens with zero attached hydrogens (tertiary/aromatic N) is 4. The topological polar surface area (TPSA) is 108 Å². The summed E-state index contributed by atoms with van der Waals surface area (Å²) in [5.41, 5.74) is 3.37. The Bertz CT molecular complexity index is 997. The molecule has 0 atom stereocenters. The number of nitrogens with one attached hydrogen (secondary N) is 1. The van der Waals surface area contributed by atoms with Crippen LogP contribution in [0.4, 0.5) is 0 Å². The van der Waals surface area contributed by atoms with Crippen LogP contribution in [0, 0.1) is 0 Å². The summed E-state index contributed by atoms with van der Waals surface area (Å²) in [6, 6.07) is 9.27. The van der Waals surface area contributed by atoms with Gasteiger partial charge in [-0.25, -0.2) is 18.5 Å². The van der Waals surface area contributed by atoms with Crippen molar-refractivity contribution in [1.29, 1.82) is 0 Å². The highest BCUT2D eigenvalue weighted by Crippen LogP contribution is 2.23. The Kier molecular flexibility index (Phi) is 3.91. The fourth-order valence-electron chi connectivity index (χ4n) is 3.03. The molecule has 1 aliphatic rings. The van der Waals surface area contributed by atoms with Crippen LogP contribution in [-0.2, 0) is 28.9 Å². The van der Waals surface area contributed by atoms with E-state index in [0.717, 1.165) is 42.5 Å². The van der Waals surface area contributed by atoms with Gasteiger partial charge in [0.2, 0.25) is 10.0 Å². The zero-order valence-electron chi connectivity index (χ0n) is 13.5. The fourth-order valence-corrected chi connectivity index (χ4v) is 3.68. The van der Waals surface area contributed by atoms with Crippen LogP contribution in [0.15, 0.2) is 42.7 Å². The number of hydrogen-bond acceptors (Lipinski definition) is 5. The Hall–Kier alpha value is -2.49. The molecule has 0 spiro atoms. The van der Waals surface area contributed by atoms with Crippen molar-refractivity contribution in [3.8, 4) is 17.2 Å². The van der Waals surface area contributed by atoms with Crippen LogP contribution in [-0.4, -0.2) is 34.3 Å². The first-order valence-corrected chi connectivity index (χ1v) is 9.62. The summed E-state index contributed by atoms with van der Waals surface area (Å²) in [6.45, 7) is 2.52. The second kappa shape index (κ2) is 6.10. The minimum atomic E-state index is -3.57. The van der Waals surface area contributed by atoms with Gasteiger partial charge in [0.25, 0.3) is 0 Å². The molecule has 9 heteroatoms. The van der Waals surface area contributed by atoms with Gasteiger partial charge in [-0.15, -0.1) is 0 Å². The van der Waals surface area contributed by atoms with E-state index in [1.807, 2.05) is 33.6 Å². The highest BCUT2D eigenvalue weighted by atomic mass is 32.2. The van der Waals surface area contributed by atoms with Gasteiger partial charge in [0, 0.05) is 31.2 Å². The summed E-state index contributed by atoms with van der Waals surface area (Å²) in [4.78, 5) is 4.43. The van der Waals surface area contributed by atoms with E-state index in [1.54, 1.807) is 18.3 Å². The van der Waals surface area contributed by atoms with E-state index >= 15 is 0 Å². The second-order valence-corrected chi connectivity index (χ2v) is 7.63. The van der Waals surface area contributed by atoms with Crippen molar-refractivity contribution in [3.63, 3.8) is 0 Å². The van der Waals surface area contributed by atoms with Crippen molar-refractivity contribution in [2.45, 2.75) is 18.8 Å². The lowest BCUT2D eigenvalue weighted by Gasteiger charge is -2.13. The smallest absolute Gasteiger partial charge is 0.213 e. The lowest BCUT2D eigenvalue weighted by atomic mass is 10.2. The third kappa shape index (κ3) is 3.34. The van der Waals surface area contributed by atoms with Gasteiger partial charge < -0.3 is 5.32 Å². The quantitative estimate of drug-likeness (QED) is 0.711. The number of sulfonamides is 1. The van der Waals surface area contributed by atoms with Crippen LogP contribution in [0.25, 0.3) is 17.2 Å². The third-order valence-electron chi connectivity index (χ3n) is 4.10. The fraction of sp³-hybridized carbons (Fsp3) is 0.250. The van der Waals surface area contributed by atoms with Crippen LogP contribution >= 0.6 is 0 Å². The summed E-state index contributed by atoms with van der Waals surface area (Å²) in [6.07, 6.45) is 3.54. The lowest BCUT2D eigenvalue weighted by molar-refractivity contribution is 0.476. The molecule has 0 radical (unpaired) electrons. The molecule has 0 fully saturated rings. The number of hydrogen-bond donors (Lipinski definition) is 2. The molecule has 130 valence electrons. The van der Waals surface area contributed by atoms with E-state index in [9.17, 15) is 8.42 Å². The van der Waals surface area contributed by atoms with Gasteiger partial charge in [-0.05, 0) is 23.8 Å². The molecule has 1 aromatic carbocycles. The van der Waals surface area contributed by atoms with Crippen molar-refractivity contribution in [1.82, 2.24) is 24.6 Å². The van der Waals surface area contributed by atoms with Crippen molar-refractivity contribution in [3.05, 3.63) is 54.0 Å².